The van der Waals surface area contributed by atoms with Crippen molar-refractivity contribution in [2.75, 3.05) is 24.2 Å². The van der Waals surface area contributed by atoms with E-state index in [2.05, 4.69) is 32.9 Å². The van der Waals surface area contributed by atoms with Crippen LogP contribution in [-0.4, -0.2) is 18.6 Å². The van der Waals surface area contributed by atoms with Crippen molar-refractivity contribution in [3.63, 3.8) is 0 Å². The van der Waals surface area contributed by atoms with Gasteiger partial charge in [-0.1, -0.05) is 6.42 Å². The third kappa shape index (κ3) is 2.35. The Bertz CT molecular complexity index is 489. The number of nitrogens with two attached hydrogens (primary N) is 1. The van der Waals surface area contributed by atoms with Crippen molar-refractivity contribution in [2.45, 2.75) is 32.6 Å². The van der Waals surface area contributed by atoms with Gasteiger partial charge in [0.05, 0.1) is 16.4 Å². The normalized spacial score (nSPS) is 28.9. The van der Waals surface area contributed by atoms with Crippen LogP contribution in [0.1, 0.15) is 31.2 Å². The van der Waals surface area contributed by atoms with E-state index in [0.717, 1.165) is 45.8 Å². The Labute approximate surface area is 123 Å². The molecule has 4 heteroatoms. The summed E-state index contributed by atoms with van der Waals surface area (Å²) >= 11 is 3.64. The standard InChI is InChI=1S/C15H22BrN3/c1-9-13(17)7-18-15(14(9)16)19(2)8-12-6-10-3-4-11(12)5-10/h7,10-12H,3-6,8,17H2,1-2H3. The van der Waals surface area contributed by atoms with Crippen molar-refractivity contribution in [3.8, 4) is 0 Å². The largest absolute Gasteiger partial charge is 0.397 e. The molecule has 1 heterocycles. The van der Waals surface area contributed by atoms with E-state index in [1.54, 1.807) is 6.20 Å². The van der Waals surface area contributed by atoms with Gasteiger partial charge in [-0.2, -0.15) is 0 Å². The summed E-state index contributed by atoms with van der Waals surface area (Å²) in [4.78, 5) is 6.79. The molecule has 3 rings (SSSR count). The summed E-state index contributed by atoms with van der Waals surface area (Å²) in [5, 5.41) is 0. The van der Waals surface area contributed by atoms with Crippen molar-refractivity contribution in [3.05, 3.63) is 16.2 Å². The molecule has 1 aromatic heterocycles. The first-order valence-electron chi connectivity index (χ1n) is 7.18. The number of halogens is 1. The fourth-order valence-corrected chi connectivity index (χ4v) is 4.52. The van der Waals surface area contributed by atoms with E-state index in [9.17, 15) is 0 Å². The number of rotatable bonds is 3. The quantitative estimate of drug-likeness (QED) is 0.923. The van der Waals surface area contributed by atoms with Crippen LogP contribution in [0, 0.1) is 24.7 Å². The molecular formula is C15H22BrN3. The molecule has 3 unspecified atom stereocenters. The molecular weight excluding hydrogens is 302 g/mol. The molecule has 2 bridgehead atoms. The van der Waals surface area contributed by atoms with Gasteiger partial charge in [0.25, 0.3) is 0 Å². The summed E-state index contributed by atoms with van der Waals surface area (Å²) < 4.78 is 1.04. The average Bonchev–Trinajstić information content (AvgIpc) is 2.98. The second kappa shape index (κ2) is 4.97. The second-order valence-corrected chi connectivity index (χ2v) is 7.08. The lowest BCUT2D eigenvalue weighted by atomic mass is 9.88. The number of nitrogen functional groups attached to an aromatic ring is 1. The second-order valence-electron chi connectivity index (χ2n) is 6.29. The molecule has 2 aliphatic carbocycles. The number of hydrogen-bond donors (Lipinski definition) is 1. The molecule has 2 N–H and O–H groups in total. The van der Waals surface area contributed by atoms with E-state index in [4.69, 9.17) is 5.73 Å². The topological polar surface area (TPSA) is 42.1 Å². The van der Waals surface area contributed by atoms with Crippen molar-refractivity contribution in [2.24, 2.45) is 17.8 Å². The minimum Gasteiger partial charge on any atom is -0.397 e. The summed E-state index contributed by atoms with van der Waals surface area (Å²) in [7, 11) is 2.15. The fourth-order valence-electron chi connectivity index (χ4n) is 3.88. The molecule has 0 saturated heterocycles. The first kappa shape index (κ1) is 13.2. The van der Waals surface area contributed by atoms with Crippen LogP contribution >= 0.6 is 15.9 Å². The first-order valence-corrected chi connectivity index (χ1v) is 7.97. The van der Waals surface area contributed by atoms with Crippen LogP contribution in [-0.2, 0) is 0 Å². The van der Waals surface area contributed by atoms with Crippen molar-refractivity contribution in [1.82, 2.24) is 4.98 Å². The highest BCUT2D eigenvalue weighted by atomic mass is 79.9. The van der Waals surface area contributed by atoms with E-state index in [0.29, 0.717) is 0 Å². The summed E-state index contributed by atoms with van der Waals surface area (Å²) in [6.45, 7) is 3.16. The van der Waals surface area contributed by atoms with Gasteiger partial charge in [0.1, 0.15) is 5.82 Å². The van der Waals surface area contributed by atoms with Crippen molar-refractivity contribution in [1.29, 1.82) is 0 Å². The van der Waals surface area contributed by atoms with E-state index in [-0.39, 0.29) is 0 Å². The number of hydrogen-bond acceptors (Lipinski definition) is 3. The summed E-state index contributed by atoms with van der Waals surface area (Å²) in [5.41, 5.74) is 7.73. The maximum atomic E-state index is 5.89. The van der Waals surface area contributed by atoms with Crippen LogP contribution in [0.5, 0.6) is 0 Å². The fraction of sp³-hybridized carbons (Fsp3) is 0.667. The predicted octanol–water partition coefficient (Wildman–Crippen LogP) is 3.61. The molecule has 0 aromatic carbocycles. The highest BCUT2D eigenvalue weighted by Gasteiger charge is 2.39. The lowest BCUT2D eigenvalue weighted by Crippen LogP contribution is -2.29. The molecule has 2 saturated carbocycles. The van der Waals surface area contributed by atoms with Crippen LogP contribution in [0.2, 0.25) is 0 Å². The maximum absolute atomic E-state index is 5.89. The zero-order valence-electron chi connectivity index (χ0n) is 11.7. The van der Waals surface area contributed by atoms with Crippen LogP contribution in [0.3, 0.4) is 0 Å². The van der Waals surface area contributed by atoms with E-state index in [1.165, 1.54) is 25.7 Å². The minimum atomic E-state index is 0.754. The lowest BCUT2D eigenvalue weighted by Gasteiger charge is -2.28. The minimum absolute atomic E-state index is 0.754. The van der Waals surface area contributed by atoms with Gasteiger partial charge in [-0.15, -0.1) is 0 Å². The van der Waals surface area contributed by atoms with Crippen LogP contribution < -0.4 is 10.6 Å². The zero-order chi connectivity index (χ0) is 13.6. The average molecular weight is 324 g/mol. The number of aromatic nitrogens is 1. The van der Waals surface area contributed by atoms with Crippen molar-refractivity contribution >= 4 is 27.4 Å². The SMILES string of the molecule is Cc1c(N)cnc(N(C)CC2CC3CCC2C3)c1Br. The molecule has 104 valence electrons. The Hall–Kier alpha value is -0.770. The summed E-state index contributed by atoms with van der Waals surface area (Å²) in [6.07, 6.45) is 7.56. The molecule has 0 aliphatic heterocycles. The van der Waals surface area contributed by atoms with Gasteiger partial charge in [-0.25, -0.2) is 4.98 Å². The maximum Gasteiger partial charge on any atom is 0.143 e. The molecule has 0 amide bonds. The Morgan fingerprint density at radius 1 is 1.42 bits per heavy atom. The van der Waals surface area contributed by atoms with E-state index < -0.39 is 0 Å². The highest BCUT2D eigenvalue weighted by Crippen LogP contribution is 2.48. The van der Waals surface area contributed by atoms with Gasteiger partial charge in [0.2, 0.25) is 0 Å². The Kier molecular flexibility index (Phi) is 3.46. The Morgan fingerprint density at radius 2 is 2.21 bits per heavy atom. The van der Waals surface area contributed by atoms with Crippen LogP contribution in [0.25, 0.3) is 0 Å². The van der Waals surface area contributed by atoms with E-state index >= 15 is 0 Å². The smallest absolute Gasteiger partial charge is 0.143 e. The molecule has 3 atom stereocenters. The van der Waals surface area contributed by atoms with Crippen LogP contribution in [0.4, 0.5) is 11.5 Å². The van der Waals surface area contributed by atoms with Crippen molar-refractivity contribution < 1.29 is 0 Å². The Balaban J connectivity index is 1.74. The lowest BCUT2D eigenvalue weighted by molar-refractivity contribution is 0.337. The zero-order valence-corrected chi connectivity index (χ0v) is 13.3. The highest BCUT2D eigenvalue weighted by molar-refractivity contribution is 9.10. The molecule has 3 nitrogen and oxygen atoms in total. The molecule has 0 radical (unpaired) electrons. The molecule has 1 aromatic rings. The van der Waals surface area contributed by atoms with Gasteiger partial charge in [0, 0.05) is 13.6 Å². The molecule has 0 spiro atoms. The molecule has 19 heavy (non-hydrogen) atoms. The number of fused-ring (bicyclic) bond motifs is 2. The predicted molar refractivity (Wildman–Crippen MR) is 83.3 cm³/mol. The Morgan fingerprint density at radius 3 is 2.84 bits per heavy atom. The summed E-state index contributed by atoms with van der Waals surface area (Å²) in [6, 6.07) is 0. The number of pyridine rings is 1. The molecule has 2 aliphatic rings. The van der Waals surface area contributed by atoms with Gasteiger partial charge in [-0.05, 0) is 65.4 Å². The molecule has 2 fully saturated rings. The van der Waals surface area contributed by atoms with Crippen LogP contribution in [0.15, 0.2) is 10.7 Å². The van der Waals surface area contributed by atoms with Gasteiger partial charge < -0.3 is 10.6 Å². The van der Waals surface area contributed by atoms with Gasteiger partial charge >= 0.3 is 0 Å². The summed E-state index contributed by atoms with van der Waals surface area (Å²) in [5.74, 6) is 3.85. The first-order chi connectivity index (χ1) is 9.06. The number of anilines is 2. The van der Waals surface area contributed by atoms with Gasteiger partial charge in [-0.3, -0.25) is 0 Å². The number of nitrogens with zero attached hydrogens (tertiary/aromatic N) is 2. The van der Waals surface area contributed by atoms with E-state index in [1.807, 2.05) is 6.92 Å². The third-order valence-corrected chi connectivity index (χ3v) is 5.99. The third-order valence-electron chi connectivity index (χ3n) is 5.04. The monoisotopic (exact) mass is 323 g/mol. The van der Waals surface area contributed by atoms with Gasteiger partial charge in [0.15, 0.2) is 0 Å².